The van der Waals surface area contributed by atoms with E-state index in [-0.39, 0.29) is 11.5 Å². The van der Waals surface area contributed by atoms with Crippen LogP contribution in [0.25, 0.3) is 0 Å². The van der Waals surface area contributed by atoms with Crippen LogP contribution < -0.4 is 10.6 Å². The fraction of sp³-hybridized carbons (Fsp3) is 0.364. The number of para-hydroxylation sites is 1. The molecule has 0 spiro atoms. The molecule has 1 aliphatic rings. The molecule has 142 valence electrons. The SMILES string of the molecule is CC(c1ccccc1N1CCCCC1)C(C(N)=O)c1ccccc1C(=O)O. The van der Waals surface area contributed by atoms with Gasteiger partial charge in [0.25, 0.3) is 0 Å². The Labute approximate surface area is 159 Å². The van der Waals surface area contributed by atoms with E-state index < -0.39 is 17.8 Å². The van der Waals surface area contributed by atoms with Gasteiger partial charge in [-0.25, -0.2) is 4.79 Å². The second-order valence-corrected chi connectivity index (χ2v) is 7.17. The molecule has 2 atom stereocenters. The first-order valence-electron chi connectivity index (χ1n) is 9.46. The van der Waals surface area contributed by atoms with Crippen molar-refractivity contribution in [1.82, 2.24) is 0 Å². The van der Waals surface area contributed by atoms with E-state index in [1.165, 1.54) is 12.5 Å². The van der Waals surface area contributed by atoms with Gasteiger partial charge in [0, 0.05) is 18.8 Å². The van der Waals surface area contributed by atoms with Crippen LogP contribution in [0.1, 0.15) is 59.5 Å². The van der Waals surface area contributed by atoms with E-state index >= 15 is 0 Å². The third-order valence-corrected chi connectivity index (χ3v) is 5.46. The highest BCUT2D eigenvalue weighted by molar-refractivity contribution is 5.93. The Kier molecular flexibility index (Phi) is 5.79. The van der Waals surface area contributed by atoms with Crippen molar-refractivity contribution in [1.29, 1.82) is 0 Å². The monoisotopic (exact) mass is 366 g/mol. The van der Waals surface area contributed by atoms with Gasteiger partial charge in [-0.3, -0.25) is 4.79 Å². The van der Waals surface area contributed by atoms with Crippen molar-refractivity contribution in [3.8, 4) is 0 Å². The maximum Gasteiger partial charge on any atom is 0.335 e. The number of piperidine rings is 1. The van der Waals surface area contributed by atoms with E-state index in [0.29, 0.717) is 5.56 Å². The summed E-state index contributed by atoms with van der Waals surface area (Å²) < 4.78 is 0. The van der Waals surface area contributed by atoms with E-state index in [1.54, 1.807) is 18.2 Å². The molecule has 5 nitrogen and oxygen atoms in total. The second kappa shape index (κ2) is 8.25. The van der Waals surface area contributed by atoms with E-state index in [0.717, 1.165) is 37.2 Å². The third kappa shape index (κ3) is 3.97. The molecule has 0 saturated carbocycles. The summed E-state index contributed by atoms with van der Waals surface area (Å²) in [6, 6.07) is 14.7. The summed E-state index contributed by atoms with van der Waals surface area (Å²) in [7, 11) is 0. The molecule has 1 heterocycles. The fourth-order valence-corrected chi connectivity index (χ4v) is 4.11. The van der Waals surface area contributed by atoms with Crippen LogP contribution in [0.3, 0.4) is 0 Å². The number of anilines is 1. The average Bonchev–Trinajstić information content (AvgIpc) is 2.68. The molecule has 1 fully saturated rings. The molecule has 0 bridgehead atoms. The quantitative estimate of drug-likeness (QED) is 0.815. The van der Waals surface area contributed by atoms with Crippen molar-refractivity contribution in [3.05, 3.63) is 65.2 Å². The molecule has 0 aliphatic carbocycles. The highest BCUT2D eigenvalue weighted by Crippen LogP contribution is 2.39. The molecule has 1 amide bonds. The second-order valence-electron chi connectivity index (χ2n) is 7.17. The standard InChI is InChI=1S/C22H26N2O3/c1-15(16-9-5-6-12-19(16)24-13-7-2-8-14-24)20(21(23)25)17-10-3-4-11-18(17)22(26)27/h3-6,9-12,15,20H,2,7-8,13-14H2,1H3,(H2,23,25)(H,26,27). The maximum atomic E-state index is 12.4. The minimum absolute atomic E-state index is 0.128. The number of benzene rings is 2. The van der Waals surface area contributed by atoms with Gasteiger partial charge in [-0.05, 0) is 48.4 Å². The molecule has 1 saturated heterocycles. The van der Waals surface area contributed by atoms with E-state index in [1.807, 2.05) is 25.1 Å². The van der Waals surface area contributed by atoms with Gasteiger partial charge in [0.15, 0.2) is 0 Å². The number of carboxylic acids is 1. The molecule has 5 heteroatoms. The molecule has 2 unspecified atom stereocenters. The van der Waals surface area contributed by atoms with Gasteiger partial charge in [-0.15, -0.1) is 0 Å². The summed E-state index contributed by atoms with van der Waals surface area (Å²) in [5, 5.41) is 9.55. The summed E-state index contributed by atoms with van der Waals surface area (Å²) in [4.78, 5) is 26.4. The molecular weight excluding hydrogens is 340 g/mol. The van der Waals surface area contributed by atoms with Crippen LogP contribution in [0.2, 0.25) is 0 Å². The number of carbonyl (C=O) groups excluding carboxylic acids is 1. The van der Waals surface area contributed by atoms with Gasteiger partial charge in [0.1, 0.15) is 0 Å². The van der Waals surface area contributed by atoms with Crippen molar-refractivity contribution >= 4 is 17.6 Å². The van der Waals surface area contributed by atoms with E-state index in [9.17, 15) is 14.7 Å². The Bertz CT molecular complexity index is 828. The zero-order chi connectivity index (χ0) is 19.4. The zero-order valence-corrected chi connectivity index (χ0v) is 15.6. The lowest BCUT2D eigenvalue weighted by molar-refractivity contribution is -0.119. The van der Waals surface area contributed by atoms with Gasteiger partial charge < -0.3 is 15.7 Å². The number of primary amides is 1. The van der Waals surface area contributed by atoms with Gasteiger partial charge in [-0.1, -0.05) is 43.3 Å². The van der Waals surface area contributed by atoms with E-state index in [4.69, 9.17) is 5.73 Å². The Balaban J connectivity index is 2.04. The van der Waals surface area contributed by atoms with Crippen LogP contribution in [-0.2, 0) is 4.79 Å². The molecule has 0 aromatic heterocycles. The Morgan fingerprint density at radius 2 is 1.56 bits per heavy atom. The first kappa shape index (κ1) is 19.0. The molecule has 2 aromatic rings. The molecule has 3 N–H and O–H groups in total. The fourth-order valence-electron chi connectivity index (χ4n) is 4.11. The van der Waals surface area contributed by atoms with Crippen LogP contribution in [0.15, 0.2) is 48.5 Å². The molecule has 2 aromatic carbocycles. The molecule has 0 radical (unpaired) electrons. The summed E-state index contributed by atoms with van der Waals surface area (Å²) in [5.41, 5.74) is 8.50. The van der Waals surface area contributed by atoms with Gasteiger partial charge >= 0.3 is 5.97 Å². The summed E-state index contributed by atoms with van der Waals surface area (Å²) >= 11 is 0. The van der Waals surface area contributed by atoms with Crippen molar-refractivity contribution < 1.29 is 14.7 Å². The minimum Gasteiger partial charge on any atom is -0.478 e. The van der Waals surface area contributed by atoms with Crippen LogP contribution in [-0.4, -0.2) is 30.1 Å². The number of rotatable bonds is 6. The molecule has 1 aliphatic heterocycles. The van der Waals surface area contributed by atoms with Crippen LogP contribution in [0.4, 0.5) is 5.69 Å². The number of carbonyl (C=O) groups is 2. The number of hydrogen-bond donors (Lipinski definition) is 2. The number of nitrogens with two attached hydrogens (primary N) is 1. The Hall–Kier alpha value is -2.82. The van der Waals surface area contributed by atoms with Crippen LogP contribution >= 0.6 is 0 Å². The van der Waals surface area contributed by atoms with Crippen LogP contribution in [0.5, 0.6) is 0 Å². The summed E-state index contributed by atoms with van der Waals surface area (Å²) in [6.45, 7) is 3.95. The van der Waals surface area contributed by atoms with Gasteiger partial charge in [-0.2, -0.15) is 0 Å². The number of nitrogens with zero attached hydrogens (tertiary/aromatic N) is 1. The normalized spacial score (nSPS) is 16.6. The molecule has 3 rings (SSSR count). The minimum atomic E-state index is -1.05. The van der Waals surface area contributed by atoms with Crippen LogP contribution in [0, 0.1) is 0 Å². The van der Waals surface area contributed by atoms with Gasteiger partial charge in [0.2, 0.25) is 5.91 Å². The predicted octanol–water partition coefficient (Wildman–Crippen LogP) is 3.75. The first-order chi connectivity index (χ1) is 13.0. The van der Waals surface area contributed by atoms with Crippen molar-refractivity contribution in [2.75, 3.05) is 18.0 Å². The number of carboxylic acid groups (broad SMARTS) is 1. The summed E-state index contributed by atoms with van der Waals surface area (Å²) in [5.74, 6) is -2.50. The Morgan fingerprint density at radius 1 is 0.963 bits per heavy atom. The van der Waals surface area contributed by atoms with E-state index in [2.05, 4.69) is 11.0 Å². The highest BCUT2D eigenvalue weighted by Gasteiger charge is 2.31. The number of hydrogen-bond acceptors (Lipinski definition) is 3. The molecule has 27 heavy (non-hydrogen) atoms. The topological polar surface area (TPSA) is 83.6 Å². The third-order valence-electron chi connectivity index (χ3n) is 5.46. The predicted molar refractivity (Wildman–Crippen MR) is 106 cm³/mol. The van der Waals surface area contributed by atoms with Crippen molar-refractivity contribution in [2.45, 2.75) is 38.0 Å². The first-order valence-corrected chi connectivity index (χ1v) is 9.46. The van der Waals surface area contributed by atoms with Gasteiger partial charge in [0.05, 0.1) is 11.5 Å². The average molecular weight is 366 g/mol. The largest absolute Gasteiger partial charge is 0.478 e. The lowest BCUT2D eigenvalue weighted by Crippen LogP contribution is -2.32. The van der Waals surface area contributed by atoms with Crippen molar-refractivity contribution in [2.24, 2.45) is 5.73 Å². The summed E-state index contributed by atoms with van der Waals surface area (Å²) in [6.07, 6.45) is 3.55. The lowest BCUT2D eigenvalue weighted by atomic mass is 9.79. The smallest absolute Gasteiger partial charge is 0.335 e. The maximum absolute atomic E-state index is 12.4. The molecular formula is C22H26N2O3. The van der Waals surface area contributed by atoms with Crippen molar-refractivity contribution in [3.63, 3.8) is 0 Å². The number of aromatic carboxylic acids is 1. The highest BCUT2D eigenvalue weighted by atomic mass is 16.4. The zero-order valence-electron chi connectivity index (χ0n) is 15.6. The lowest BCUT2D eigenvalue weighted by Gasteiger charge is -2.33. The number of amides is 1. The Morgan fingerprint density at radius 3 is 2.19 bits per heavy atom.